The summed E-state index contributed by atoms with van der Waals surface area (Å²) in [5.41, 5.74) is 2.70. The average Bonchev–Trinajstić information content (AvgIpc) is 2.75. The van der Waals surface area contributed by atoms with E-state index in [4.69, 9.17) is 33.3 Å². The van der Waals surface area contributed by atoms with Crippen LogP contribution >= 0.6 is 23.8 Å². The summed E-state index contributed by atoms with van der Waals surface area (Å²) in [6.45, 7) is 4.59. The van der Waals surface area contributed by atoms with E-state index < -0.39 is 11.8 Å². The summed E-state index contributed by atoms with van der Waals surface area (Å²) < 4.78 is 11.7. The lowest BCUT2D eigenvalue weighted by Gasteiger charge is -2.31. The quantitative estimate of drug-likeness (QED) is 0.368. The van der Waals surface area contributed by atoms with Crippen molar-refractivity contribution >= 4 is 46.8 Å². The summed E-state index contributed by atoms with van der Waals surface area (Å²) in [6.07, 6.45) is 1.48. The van der Waals surface area contributed by atoms with Crippen LogP contribution in [0.3, 0.4) is 0 Å². The fourth-order valence-corrected chi connectivity index (χ4v) is 3.50. The van der Waals surface area contributed by atoms with Crippen LogP contribution in [0.15, 0.2) is 42.0 Å². The zero-order valence-corrected chi connectivity index (χ0v) is 19.3. The van der Waals surface area contributed by atoms with Gasteiger partial charge in [0.1, 0.15) is 12.2 Å². The summed E-state index contributed by atoms with van der Waals surface area (Å²) in [4.78, 5) is 27.7. The second kappa shape index (κ2) is 9.49. The number of benzene rings is 2. The van der Waals surface area contributed by atoms with E-state index in [1.165, 1.54) is 30.0 Å². The second-order valence-corrected chi connectivity index (χ2v) is 7.88. The lowest BCUT2D eigenvalue weighted by Crippen LogP contribution is -2.52. The molecule has 0 atom stereocenters. The summed E-state index contributed by atoms with van der Waals surface area (Å²) in [5, 5.41) is 0.470. The molecule has 1 saturated heterocycles. The molecule has 1 heterocycles. The molecule has 0 spiro atoms. The number of carbonyl (C=O) groups is 2. The molecular formula is C23H23ClN2O4S. The molecule has 2 aromatic carbocycles. The normalized spacial score (nSPS) is 14.2. The third-order valence-corrected chi connectivity index (χ3v) is 5.62. The zero-order chi connectivity index (χ0) is 22.7. The number of thiocarbonyl (C=S) groups is 1. The van der Waals surface area contributed by atoms with Gasteiger partial charge in [-0.3, -0.25) is 19.4 Å². The van der Waals surface area contributed by atoms with E-state index in [0.29, 0.717) is 35.3 Å². The SMILES string of the molecule is CCOc1cc(C=C2C(=O)N(C)C(=S)N(C)C2=O)cc(Cl)c1OCc1ccc(C)cc1. The Kier molecular flexibility index (Phi) is 6.97. The van der Waals surface area contributed by atoms with Gasteiger partial charge in [-0.1, -0.05) is 41.4 Å². The fourth-order valence-electron chi connectivity index (χ4n) is 3.06. The molecule has 1 aliphatic heterocycles. The molecular weight excluding hydrogens is 436 g/mol. The topological polar surface area (TPSA) is 59.1 Å². The number of hydrogen-bond donors (Lipinski definition) is 0. The molecule has 0 aliphatic carbocycles. The lowest BCUT2D eigenvalue weighted by atomic mass is 10.1. The monoisotopic (exact) mass is 458 g/mol. The highest BCUT2D eigenvalue weighted by molar-refractivity contribution is 7.80. The first-order chi connectivity index (χ1) is 14.7. The molecule has 8 heteroatoms. The van der Waals surface area contributed by atoms with Gasteiger partial charge in [0.05, 0.1) is 11.6 Å². The molecule has 0 aromatic heterocycles. The Hall–Kier alpha value is -2.90. The van der Waals surface area contributed by atoms with Gasteiger partial charge in [-0.2, -0.15) is 0 Å². The van der Waals surface area contributed by atoms with Crippen molar-refractivity contribution in [3.63, 3.8) is 0 Å². The highest BCUT2D eigenvalue weighted by atomic mass is 35.5. The van der Waals surface area contributed by atoms with Gasteiger partial charge in [-0.05, 0) is 55.4 Å². The molecule has 0 saturated carbocycles. The van der Waals surface area contributed by atoms with E-state index in [1.54, 1.807) is 12.1 Å². The van der Waals surface area contributed by atoms with E-state index in [-0.39, 0.29) is 10.7 Å². The maximum absolute atomic E-state index is 12.6. The highest BCUT2D eigenvalue weighted by Crippen LogP contribution is 2.38. The first-order valence-electron chi connectivity index (χ1n) is 9.69. The van der Waals surface area contributed by atoms with Crippen LogP contribution in [0, 0.1) is 6.92 Å². The van der Waals surface area contributed by atoms with Crippen LogP contribution < -0.4 is 9.47 Å². The van der Waals surface area contributed by atoms with Crippen molar-refractivity contribution in [3.8, 4) is 11.5 Å². The Morgan fingerprint density at radius 3 is 2.23 bits per heavy atom. The maximum Gasteiger partial charge on any atom is 0.265 e. The van der Waals surface area contributed by atoms with Gasteiger partial charge in [0.15, 0.2) is 16.6 Å². The van der Waals surface area contributed by atoms with Crippen LogP contribution in [0.1, 0.15) is 23.6 Å². The maximum atomic E-state index is 12.6. The smallest absolute Gasteiger partial charge is 0.265 e. The van der Waals surface area contributed by atoms with E-state index in [2.05, 4.69) is 0 Å². The van der Waals surface area contributed by atoms with Gasteiger partial charge >= 0.3 is 0 Å². The van der Waals surface area contributed by atoms with Crippen molar-refractivity contribution in [1.29, 1.82) is 0 Å². The van der Waals surface area contributed by atoms with Gasteiger partial charge < -0.3 is 9.47 Å². The molecule has 2 amide bonds. The molecule has 162 valence electrons. The second-order valence-electron chi connectivity index (χ2n) is 7.11. The van der Waals surface area contributed by atoms with Crippen molar-refractivity contribution in [2.75, 3.05) is 20.7 Å². The Morgan fingerprint density at radius 2 is 1.65 bits per heavy atom. The van der Waals surface area contributed by atoms with Gasteiger partial charge in [0.25, 0.3) is 11.8 Å². The number of rotatable bonds is 6. The van der Waals surface area contributed by atoms with Gasteiger partial charge in [-0.15, -0.1) is 0 Å². The first kappa shape index (κ1) is 22.8. The number of carbonyl (C=O) groups excluding carboxylic acids is 2. The molecule has 1 fully saturated rings. The molecule has 1 aliphatic rings. The molecule has 3 rings (SSSR count). The fraction of sp³-hybridized carbons (Fsp3) is 0.261. The number of aryl methyl sites for hydroxylation is 1. The highest BCUT2D eigenvalue weighted by Gasteiger charge is 2.35. The Morgan fingerprint density at radius 1 is 1.03 bits per heavy atom. The third kappa shape index (κ3) is 4.89. The van der Waals surface area contributed by atoms with E-state index in [0.717, 1.165) is 11.1 Å². The van der Waals surface area contributed by atoms with Crippen LogP contribution in [0.4, 0.5) is 0 Å². The van der Waals surface area contributed by atoms with Crippen molar-refractivity contribution in [1.82, 2.24) is 9.80 Å². The number of amides is 2. The van der Waals surface area contributed by atoms with Crippen molar-refractivity contribution in [2.45, 2.75) is 20.5 Å². The molecule has 0 radical (unpaired) electrons. The molecule has 0 unspecified atom stereocenters. The summed E-state index contributed by atoms with van der Waals surface area (Å²) in [6, 6.07) is 11.3. The molecule has 6 nitrogen and oxygen atoms in total. The lowest BCUT2D eigenvalue weighted by molar-refractivity contribution is -0.132. The van der Waals surface area contributed by atoms with E-state index in [9.17, 15) is 9.59 Å². The molecule has 31 heavy (non-hydrogen) atoms. The van der Waals surface area contributed by atoms with Crippen molar-refractivity contribution in [3.05, 3.63) is 63.7 Å². The van der Waals surface area contributed by atoms with Gasteiger partial charge in [0, 0.05) is 14.1 Å². The zero-order valence-electron chi connectivity index (χ0n) is 17.8. The van der Waals surface area contributed by atoms with Crippen LogP contribution in [-0.2, 0) is 16.2 Å². The number of hydrogen-bond acceptors (Lipinski definition) is 5. The first-order valence-corrected chi connectivity index (χ1v) is 10.5. The standard InChI is InChI=1S/C23H23ClN2O4S/c1-5-29-19-12-16(10-17-21(27)25(3)23(31)26(4)22(17)28)11-18(24)20(19)30-13-15-8-6-14(2)7-9-15/h6-12H,5,13H2,1-4H3. The van der Waals surface area contributed by atoms with E-state index in [1.807, 2.05) is 38.1 Å². The summed E-state index contributed by atoms with van der Waals surface area (Å²) >= 11 is 11.6. The molecule has 2 aromatic rings. The predicted octanol–water partition coefficient (Wildman–Crippen LogP) is 4.22. The summed E-state index contributed by atoms with van der Waals surface area (Å²) in [7, 11) is 3.06. The minimum atomic E-state index is -0.470. The Balaban J connectivity index is 1.93. The van der Waals surface area contributed by atoms with Crippen LogP contribution in [-0.4, -0.2) is 47.4 Å². The minimum absolute atomic E-state index is 0.00885. The largest absolute Gasteiger partial charge is 0.490 e. The van der Waals surface area contributed by atoms with Gasteiger partial charge in [0.2, 0.25) is 0 Å². The van der Waals surface area contributed by atoms with Crippen molar-refractivity contribution < 1.29 is 19.1 Å². The molecule has 0 bridgehead atoms. The van der Waals surface area contributed by atoms with Crippen molar-refractivity contribution in [2.24, 2.45) is 0 Å². The average molecular weight is 459 g/mol. The van der Waals surface area contributed by atoms with Crippen LogP contribution in [0.5, 0.6) is 11.5 Å². The van der Waals surface area contributed by atoms with Gasteiger partial charge in [-0.25, -0.2) is 0 Å². The number of ether oxygens (including phenoxy) is 2. The predicted molar refractivity (Wildman–Crippen MR) is 124 cm³/mol. The third-order valence-electron chi connectivity index (χ3n) is 4.79. The Bertz CT molecular complexity index is 1040. The number of likely N-dealkylation sites (N-methyl/N-ethyl adjacent to an activating group) is 2. The van der Waals surface area contributed by atoms with Crippen LogP contribution in [0.2, 0.25) is 5.02 Å². The summed E-state index contributed by atoms with van der Waals surface area (Å²) in [5.74, 6) is -0.103. The van der Waals surface area contributed by atoms with E-state index >= 15 is 0 Å². The minimum Gasteiger partial charge on any atom is -0.490 e. The number of nitrogens with zero attached hydrogens (tertiary/aromatic N) is 2. The Labute approximate surface area is 192 Å². The van der Waals surface area contributed by atoms with Crippen LogP contribution in [0.25, 0.3) is 6.08 Å². The molecule has 0 N–H and O–H groups in total. The number of halogens is 1.